The molecule has 0 spiro atoms. The van der Waals surface area contributed by atoms with E-state index in [4.69, 9.17) is 5.11 Å². The first-order valence-corrected chi connectivity index (χ1v) is 4.57. The maximum Gasteiger partial charge on any atom is 0.146 e. The Bertz CT molecular complexity index is 151. The normalized spacial score (nSPS) is 51.5. The predicted octanol–water partition coefficient (Wildman–Crippen LogP) is 0.572. The lowest BCUT2D eigenvalue weighted by molar-refractivity contribution is 0.00786. The first-order valence-electron chi connectivity index (χ1n) is 3.63. The van der Waals surface area contributed by atoms with E-state index >= 15 is 0 Å². The van der Waals surface area contributed by atoms with Gasteiger partial charge in [0.25, 0.3) is 0 Å². The summed E-state index contributed by atoms with van der Waals surface area (Å²) < 4.78 is 13.5. The molecule has 4 atom stereocenters. The largest absolute Gasteiger partial charge is 0.395 e. The van der Waals surface area contributed by atoms with Crippen molar-refractivity contribution in [3.05, 3.63) is 0 Å². The number of alkyl halides is 1. The monoisotopic (exact) mass is 180 g/mol. The number of hydrogen-bond donors (Lipinski definition) is 2. The van der Waals surface area contributed by atoms with E-state index in [1.54, 1.807) is 6.92 Å². The van der Waals surface area contributed by atoms with E-state index < -0.39 is 11.8 Å². The average molecular weight is 180 g/mol. The summed E-state index contributed by atoms with van der Waals surface area (Å²) in [4.78, 5) is 0. The van der Waals surface area contributed by atoms with Gasteiger partial charge in [0.2, 0.25) is 0 Å². The zero-order valence-corrected chi connectivity index (χ0v) is 7.44. The topological polar surface area (TPSA) is 40.5 Å². The summed E-state index contributed by atoms with van der Waals surface area (Å²) >= 11 is 1.31. The van der Waals surface area contributed by atoms with Crippen molar-refractivity contribution in [1.29, 1.82) is 0 Å². The Labute approximate surface area is 69.8 Å². The van der Waals surface area contributed by atoms with Gasteiger partial charge in [-0.25, -0.2) is 4.39 Å². The number of aliphatic hydroxyl groups excluding tert-OH is 2. The Hall–Kier alpha value is 0.200. The Morgan fingerprint density at radius 3 is 2.36 bits per heavy atom. The summed E-state index contributed by atoms with van der Waals surface area (Å²) in [5.74, 6) is 0. The zero-order valence-electron chi connectivity index (χ0n) is 6.62. The maximum absolute atomic E-state index is 13.5. The van der Waals surface area contributed by atoms with Crippen molar-refractivity contribution in [3.8, 4) is 0 Å². The number of halogens is 1. The summed E-state index contributed by atoms with van der Waals surface area (Å²) in [7, 11) is 0. The lowest BCUT2D eigenvalue weighted by Gasteiger charge is -2.22. The molecular weight excluding hydrogens is 167 g/mol. The lowest BCUT2D eigenvalue weighted by Crippen LogP contribution is -2.40. The van der Waals surface area contributed by atoms with E-state index in [0.717, 1.165) is 0 Å². The van der Waals surface area contributed by atoms with Crippen molar-refractivity contribution in [2.24, 2.45) is 0 Å². The minimum atomic E-state index is -1.56. The van der Waals surface area contributed by atoms with Gasteiger partial charge in [-0.05, 0) is 6.92 Å². The van der Waals surface area contributed by atoms with Gasteiger partial charge in [-0.15, -0.1) is 11.8 Å². The fourth-order valence-electron chi connectivity index (χ4n) is 1.22. The molecule has 0 aliphatic carbocycles. The summed E-state index contributed by atoms with van der Waals surface area (Å²) in [6.45, 7) is 2.95. The van der Waals surface area contributed by atoms with Crippen molar-refractivity contribution in [3.63, 3.8) is 0 Å². The fraction of sp³-hybridized carbons (Fsp3) is 1.00. The third-order valence-corrected chi connectivity index (χ3v) is 3.91. The van der Waals surface area contributed by atoms with Gasteiger partial charge in [-0.3, -0.25) is 0 Å². The molecule has 1 saturated heterocycles. The molecule has 0 amide bonds. The Kier molecular flexibility index (Phi) is 2.46. The molecular formula is C7H13FO2S. The molecule has 0 saturated carbocycles. The molecule has 2 nitrogen and oxygen atoms in total. The third-order valence-electron chi connectivity index (χ3n) is 2.28. The van der Waals surface area contributed by atoms with Gasteiger partial charge in [0, 0.05) is 5.25 Å². The van der Waals surface area contributed by atoms with Gasteiger partial charge in [0.1, 0.15) is 11.8 Å². The van der Waals surface area contributed by atoms with Gasteiger partial charge < -0.3 is 10.2 Å². The molecule has 1 aliphatic heterocycles. The van der Waals surface area contributed by atoms with Crippen LogP contribution in [0.2, 0.25) is 0 Å². The van der Waals surface area contributed by atoms with Gasteiger partial charge in [0.15, 0.2) is 0 Å². The molecule has 66 valence electrons. The van der Waals surface area contributed by atoms with Crippen LogP contribution in [0.25, 0.3) is 0 Å². The molecule has 0 aromatic heterocycles. The van der Waals surface area contributed by atoms with Gasteiger partial charge in [0.05, 0.1) is 11.9 Å². The van der Waals surface area contributed by atoms with E-state index in [2.05, 4.69) is 0 Å². The second kappa shape index (κ2) is 2.92. The maximum atomic E-state index is 13.5. The van der Waals surface area contributed by atoms with Crippen molar-refractivity contribution < 1.29 is 14.6 Å². The summed E-state index contributed by atoms with van der Waals surface area (Å²) in [5.41, 5.74) is -1.56. The zero-order chi connectivity index (χ0) is 8.65. The smallest absolute Gasteiger partial charge is 0.146 e. The fourth-order valence-corrected chi connectivity index (χ4v) is 2.65. The number of thioether (sulfide) groups is 1. The molecule has 1 heterocycles. The molecule has 1 rings (SSSR count). The van der Waals surface area contributed by atoms with E-state index in [1.807, 2.05) is 0 Å². The van der Waals surface area contributed by atoms with Gasteiger partial charge >= 0.3 is 0 Å². The van der Waals surface area contributed by atoms with Crippen molar-refractivity contribution >= 4 is 11.8 Å². The molecule has 11 heavy (non-hydrogen) atoms. The van der Waals surface area contributed by atoms with E-state index in [1.165, 1.54) is 18.7 Å². The van der Waals surface area contributed by atoms with Gasteiger partial charge in [-0.2, -0.15) is 0 Å². The third kappa shape index (κ3) is 1.39. The first kappa shape index (κ1) is 9.29. The predicted molar refractivity (Wildman–Crippen MR) is 43.4 cm³/mol. The molecule has 0 unspecified atom stereocenters. The molecule has 0 radical (unpaired) electrons. The van der Waals surface area contributed by atoms with Crippen LogP contribution < -0.4 is 0 Å². The van der Waals surface area contributed by atoms with Crippen LogP contribution in [0.4, 0.5) is 4.39 Å². The van der Waals surface area contributed by atoms with Crippen LogP contribution in [-0.4, -0.2) is 39.1 Å². The van der Waals surface area contributed by atoms with Crippen LogP contribution in [-0.2, 0) is 0 Å². The molecule has 1 fully saturated rings. The highest BCUT2D eigenvalue weighted by Gasteiger charge is 2.50. The molecule has 2 N–H and O–H groups in total. The van der Waals surface area contributed by atoms with Crippen LogP contribution in [0.5, 0.6) is 0 Å². The molecule has 0 bridgehead atoms. The molecule has 0 aromatic rings. The minimum Gasteiger partial charge on any atom is -0.395 e. The quantitative estimate of drug-likeness (QED) is 0.620. The SMILES string of the molecule is C[C@@H]1S[C@H](CO)[C@@H](O)[C@@]1(C)F. The number of rotatable bonds is 1. The second-order valence-corrected chi connectivity index (χ2v) is 4.68. The van der Waals surface area contributed by atoms with Crippen LogP contribution in [0.15, 0.2) is 0 Å². The Morgan fingerprint density at radius 1 is 1.64 bits per heavy atom. The number of aliphatic hydroxyl groups is 2. The average Bonchev–Trinajstić information content (AvgIpc) is 2.14. The highest BCUT2D eigenvalue weighted by atomic mass is 32.2. The van der Waals surface area contributed by atoms with E-state index in [-0.39, 0.29) is 17.1 Å². The highest BCUT2D eigenvalue weighted by Crippen LogP contribution is 2.43. The molecule has 1 aliphatic rings. The van der Waals surface area contributed by atoms with Crippen LogP contribution >= 0.6 is 11.8 Å². The van der Waals surface area contributed by atoms with E-state index in [0.29, 0.717) is 0 Å². The standard InChI is InChI=1S/C7H13FO2S/c1-4-7(2,8)6(10)5(3-9)11-4/h4-6,9-10H,3H2,1-2H3/t4-,5+,6+,7-/m0/s1. The van der Waals surface area contributed by atoms with Crippen LogP contribution in [0.3, 0.4) is 0 Å². The van der Waals surface area contributed by atoms with Crippen LogP contribution in [0, 0.1) is 0 Å². The van der Waals surface area contributed by atoms with E-state index in [9.17, 15) is 9.50 Å². The van der Waals surface area contributed by atoms with Crippen molar-refractivity contribution in [2.45, 2.75) is 36.1 Å². The molecule has 0 aromatic carbocycles. The Morgan fingerprint density at radius 2 is 2.18 bits per heavy atom. The summed E-state index contributed by atoms with van der Waals surface area (Å²) in [6.07, 6.45) is -1.03. The second-order valence-electron chi connectivity index (χ2n) is 3.10. The minimum absolute atomic E-state index is 0.157. The summed E-state index contributed by atoms with van der Waals surface area (Å²) in [6, 6.07) is 0. The molecule has 4 heteroatoms. The van der Waals surface area contributed by atoms with Crippen molar-refractivity contribution in [1.82, 2.24) is 0 Å². The Balaban J connectivity index is 2.71. The number of hydrogen-bond acceptors (Lipinski definition) is 3. The lowest BCUT2D eigenvalue weighted by atomic mass is 9.96. The van der Waals surface area contributed by atoms with Crippen molar-refractivity contribution in [2.75, 3.05) is 6.61 Å². The van der Waals surface area contributed by atoms with Crippen LogP contribution in [0.1, 0.15) is 13.8 Å². The summed E-state index contributed by atoms with van der Waals surface area (Å²) in [5, 5.41) is 17.5. The highest BCUT2D eigenvalue weighted by molar-refractivity contribution is 8.01. The first-order chi connectivity index (χ1) is 5.00. The van der Waals surface area contributed by atoms with Gasteiger partial charge in [-0.1, -0.05) is 6.92 Å².